The molecular formula is C10H13NO2. The van der Waals surface area contributed by atoms with Gasteiger partial charge in [-0.3, -0.25) is 5.41 Å². The first-order valence-corrected chi connectivity index (χ1v) is 3.96. The number of nitrogens with one attached hydrogen (secondary N) is 1. The molecule has 0 aliphatic carbocycles. The van der Waals surface area contributed by atoms with E-state index in [9.17, 15) is 0 Å². The maximum Gasteiger partial charge on any atom is 0.212 e. The van der Waals surface area contributed by atoms with E-state index in [0.717, 1.165) is 16.9 Å². The molecule has 0 saturated heterocycles. The van der Waals surface area contributed by atoms with E-state index in [0.29, 0.717) is 0 Å². The summed E-state index contributed by atoms with van der Waals surface area (Å²) in [4.78, 5) is 0. The predicted octanol–water partition coefficient (Wildman–Crippen LogP) is 1.98. The average molecular weight is 179 g/mol. The maximum atomic E-state index is 7.44. The van der Waals surface area contributed by atoms with Crippen molar-refractivity contribution in [2.75, 3.05) is 14.2 Å². The van der Waals surface area contributed by atoms with Gasteiger partial charge in [-0.25, -0.2) is 0 Å². The summed E-state index contributed by atoms with van der Waals surface area (Å²) >= 11 is 0. The van der Waals surface area contributed by atoms with Crippen LogP contribution in [0.5, 0.6) is 5.75 Å². The average Bonchev–Trinajstić information content (AvgIpc) is 2.16. The summed E-state index contributed by atoms with van der Waals surface area (Å²) in [6, 6.07) is 5.50. The first-order valence-electron chi connectivity index (χ1n) is 3.96. The Kier molecular flexibility index (Phi) is 2.90. The summed E-state index contributed by atoms with van der Waals surface area (Å²) < 4.78 is 9.91. The van der Waals surface area contributed by atoms with Gasteiger partial charge in [-0.15, -0.1) is 0 Å². The van der Waals surface area contributed by atoms with Gasteiger partial charge in [0, 0.05) is 5.56 Å². The van der Waals surface area contributed by atoms with Gasteiger partial charge in [-0.2, -0.15) is 0 Å². The summed E-state index contributed by atoms with van der Waals surface area (Å²) in [5.74, 6) is 0.999. The van der Waals surface area contributed by atoms with E-state index in [-0.39, 0.29) is 5.90 Å². The molecule has 1 N–H and O–H groups in total. The van der Waals surface area contributed by atoms with Crippen molar-refractivity contribution in [3.05, 3.63) is 29.3 Å². The van der Waals surface area contributed by atoms with Crippen LogP contribution in [0.25, 0.3) is 0 Å². The van der Waals surface area contributed by atoms with Crippen LogP contribution in [0.15, 0.2) is 18.2 Å². The Labute approximate surface area is 77.8 Å². The second kappa shape index (κ2) is 3.94. The quantitative estimate of drug-likeness (QED) is 0.557. The minimum atomic E-state index is 0.172. The molecule has 0 saturated carbocycles. The lowest BCUT2D eigenvalue weighted by Gasteiger charge is -2.07. The second-order valence-electron chi connectivity index (χ2n) is 2.72. The Morgan fingerprint density at radius 3 is 2.46 bits per heavy atom. The van der Waals surface area contributed by atoms with Crippen LogP contribution in [-0.2, 0) is 4.74 Å². The SMILES string of the molecule is COC(=N)c1ccc(OC)c(C)c1. The predicted molar refractivity (Wildman–Crippen MR) is 51.6 cm³/mol. The molecule has 0 spiro atoms. The van der Waals surface area contributed by atoms with Crippen molar-refractivity contribution in [1.29, 1.82) is 5.41 Å². The number of hydrogen-bond acceptors (Lipinski definition) is 3. The lowest BCUT2D eigenvalue weighted by molar-refractivity contribution is 0.400. The lowest BCUT2D eigenvalue weighted by atomic mass is 10.1. The summed E-state index contributed by atoms with van der Waals surface area (Å²) in [5, 5.41) is 7.44. The number of aryl methyl sites for hydroxylation is 1. The molecule has 0 amide bonds. The van der Waals surface area contributed by atoms with E-state index in [4.69, 9.17) is 14.9 Å². The third kappa shape index (κ3) is 1.99. The summed E-state index contributed by atoms with van der Waals surface area (Å²) in [7, 11) is 3.12. The van der Waals surface area contributed by atoms with Gasteiger partial charge in [0.05, 0.1) is 14.2 Å². The van der Waals surface area contributed by atoms with E-state index in [1.54, 1.807) is 13.2 Å². The molecule has 0 atom stereocenters. The fourth-order valence-corrected chi connectivity index (χ4v) is 1.14. The molecule has 13 heavy (non-hydrogen) atoms. The Hall–Kier alpha value is -1.51. The van der Waals surface area contributed by atoms with Crippen molar-refractivity contribution in [2.45, 2.75) is 6.92 Å². The molecule has 3 nitrogen and oxygen atoms in total. The summed E-state index contributed by atoms with van der Waals surface area (Å²) in [5.41, 5.74) is 1.77. The Balaban J connectivity index is 3.02. The van der Waals surface area contributed by atoms with Crippen LogP contribution in [-0.4, -0.2) is 20.1 Å². The van der Waals surface area contributed by atoms with Crippen molar-refractivity contribution in [2.24, 2.45) is 0 Å². The number of benzene rings is 1. The standard InChI is InChI=1S/C10H13NO2/c1-7-6-8(10(11)13-3)4-5-9(7)12-2/h4-6,11H,1-3H3. The largest absolute Gasteiger partial charge is 0.496 e. The molecule has 1 aromatic rings. The maximum absolute atomic E-state index is 7.44. The van der Waals surface area contributed by atoms with Crippen molar-refractivity contribution in [3.63, 3.8) is 0 Å². The van der Waals surface area contributed by atoms with Crippen LogP contribution < -0.4 is 4.74 Å². The van der Waals surface area contributed by atoms with E-state index < -0.39 is 0 Å². The number of methoxy groups -OCH3 is 2. The van der Waals surface area contributed by atoms with Gasteiger partial charge in [-0.05, 0) is 30.7 Å². The van der Waals surface area contributed by atoms with Crippen LogP contribution in [0.1, 0.15) is 11.1 Å². The van der Waals surface area contributed by atoms with E-state index in [2.05, 4.69) is 0 Å². The highest BCUT2D eigenvalue weighted by molar-refractivity contribution is 5.91. The van der Waals surface area contributed by atoms with E-state index in [1.807, 2.05) is 19.1 Å². The zero-order valence-electron chi connectivity index (χ0n) is 8.05. The van der Waals surface area contributed by atoms with Gasteiger partial charge < -0.3 is 9.47 Å². The Morgan fingerprint density at radius 2 is 2.00 bits per heavy atom. The van der Waals surface area contributed by atoms with Gasteiger partial charge >= 0.3 is 0 Å². The molecule has 0 fully saturated rings. The molecule has 70 valence electrons. The van der Waals surface area contributed by atoms with Gasteiger partial charge in [0.25, 0.3) is 0 Å². The van der Waals surface area contributed by atoms with E-state index in [1.165, 1.54) is 7.11 Å². The third-order valence-electron chi connectivity index (χ3n) is 1.86. The normalized spacial score (nSPS) is 9.46. The Morgan fingerprint density at radius 1 is 1.31 bits per heavy atom. The fourth-order valence-electron chi connectivity index (χ4n) is 1.14. The van der Waals surface area contributed by atoms with Crippen molar-refractivity contribution in [1.82, 2.24) is 0 Å². The van der Waals surface area contributed by atoms with Crippen molar-refractivity contribution in [3.8, 4) is 5.75 Å². The highest BCUT2D eigenvalue weighted by Gasteiger charge is 2.03. The molecule has 0 aromatic heterocycles. The molecule has 0 unspecified atom stereocenters. The molecule has 1 rings (SSSR count). The zero-order chi connectivity index (χ0) is 9.84. The highest BCUT2D eigenvalue weighted by atomic mass is 16.5. The summed E-state index contributed by atoms with van der Waals surface area (Å²) in [6.07, 6.45) is 0. The van der Waals surface area contributed by atoms with Crippen LogP contribution >= 0.6 is 0 Å². The van der Waals surface area contributed by atoms with Gasteiger partial charge in [0.1, 0.15) is 5.75 Å². The molecule has 3 heteroatoms. The van der Waals surface area contributed by atoms with Crippen LogP contribution in [0, 0.1) is 12.3 Å². The zero-order valence-corrected chi connectivity index (χ0v) is 8.05. The smallest absolute Gasteiger partial charge is 0.212 e. The molecule has 0 bridgehead atoms. The fraction of sp³-hybridized carbons (Fsp3) is 0.300. The van der Waals surface area contributed by atoms with Gasteiger partial charge in [0.15, 0.2) is 0 Å². The van der Waals surface area contributed by atoms with Crippen LogP contribution in [0.2, 0.25) is 0 Å². The number of hydrogen-bond donors (Lipinski definition) is 1. The molecule has 1 aromatic carbocycles. The van der Waals surface area contributed by atoms with Crippen LogP contribution in [0.3, 0.4) is 0 Å². The second-order valence-corrected chi connectivity index (χ2v) is 2.72. The molecule has 0 aliphatic rings. The topological polar surface area (TPSA) is 42.3 Å². The highest BCUT2D eigenvalue weighted by Crippen LogP contribution is 2.18. The molecular weight excluding hydrogens is 166 g/mol. The summed E-state index contributed by atoms with van der Waals surface area (Å²) in [6.45, 7) is 1.94. The van der Waals surface area contributed by atoms with Crippen molar-refractivity contribution >= 4 is 5.90 Å². The molecule has 0 aliphatic heterocycles. The van der Waals surface area contributed by atoms with Gasteiger partial charge in [0.2, 0.25) is 5.90 Å². The van der Waals surface area contributed by atoms with Gasteiger partial charge in [-0.1, -0.05) is 0 Å². The van der Waals surface area contributed by atoms with Crippen molar-refractivity contribution < 1.29 is 9.47 Å². The third-order valence-corrected chi connectivity index (χ3v) is 1.86. The lowest BCUT2D eigenvalue weighted by Crippen LogP contribution is -2.01. The Bertz CT molecular complexity index is 321. The minimum absolute atomic E-state index is 0.172. The molecule has 0 radical (unpaired) electrons. The number of rotatable bonds is 2. The first-order chi connectivity index (χ1) is 6.19. The number of ether oxygens (including phenoxy) is 2. The van der Waals surface area contributed by atoms with E-state index >= 15 is 0 Å². The minimum Gasteiger partial charge on any atom is -0.496 e. The monoisotopic (exact) mass is 179 g/mol. The molecule has 0 heterocycles. The first kappa shape index (κ1) is 9.58. The van der Waals surface area contributed by atoms with Crippen LogP contribution in [0.4, 0.5) is 0 Å².